The second-order valence-electron chi connectivity index (χ2n) is 9.47. The topological polar surface area (TPSA) is 60.7 Å². The molecular weight excluding hydrogens is 356 g/mol. The zero-order valence-electron chi connectivity index (χ0n) is 14.3. The molecule has 4 saturated carbocycles. The molecule has 0 saturated heterocycles. The van der Waals surface area contributed by atoms with Crippen LogP contribution in [0.15, 0.2) is 0 Å². The molecule has 132 valence electrons. The minimum absolute atomic E-state index is 0.0479. The number of alkyl halides is 1. The first-order valence-corrected chi connectivity index (χ1v) is 10.4. The first-order chi connectivity index (χ1) is 10.8. The highest BCUT2D eigenvalue weighted by atomic mass is 79.9. The van der Waals surface area contributed by atoms with Crippen LogP contribution in [-0.4, -0.2) is 38.5 Å². The van der Waals surface area contributed by atoms with E-state index in [0.29, 0.717) is 23.7 Å². The Morgan fingerprint density at radius 2 is 1.57 bits per heavy atom. The normalized spacial score (nSPS) is 62.3. The highest BCUT2D eigenvalue weighted by molar-refractivity contribution is 9.09. The Morgan fingerprint density at radius 3 is 2.30 bits per heavy atom. The van der Waals surface area contributed by atoms with E-state index in [1.807, 2.05) is 0 Å². The fourth-order valence-electron chi connectivity index (χ4n) is 7.15. The Bertz CT molecular complexity index is 485. The van der Waals surface area contributed by atoms with Crippen molar-refractivity contribution < 1.29 is 15.3 Å². The van der Waals surface area contributed by atoms with Gasteiger partial charge >= 0.3 is 0 Å². The van der Waals surface area contributed by atoms with Gasteiger partial charge < -0.3 is 15.3 Å². The van der Waals surface area contributed by atoms with Crippen LogP contribution in [-0.2, 0) is 0 Å². The van der Waals surface area contributed by atoms with E-state index in [2.05, 4.69) is 29.8 Å². The van der Waals surface area contributed by atoms with Crippen LogP contribution in [0.3, 0.4) is 0 Å². The number of aliphatic hydroxyl groups is 3. The molecular formula is C19H31BrO3. The van der Waals surface area contributed by atoms with Gasteiger partial charge in [-0.25, -0.2) is 0 Å². The Labute approximate surface area is 148 Å². The first kappa shape index (κ1) is 16.8. The van der Waals surface area contributed by atoms with Crippen molar-refractivity contribution in [2.24, 2.45) is 34.5 Å². The van der Waals surface area contributed by atoms with Gasteiger partial charge in [-0.15, -0.1) is 0 Å². The van der Waals surface area contributed by atoms with Crippen molar-refractivity contribution in [2.75, 3.05) is 0 Å². The molecule has 4 heteroatoms. The summed E-state index contributed by atoms with van der Waals surface area (Å²) < 4.78 is 0. The second kappa shape index (κ2) is 5.43. The summed E-state index contributed by atoms with van der Waals surface area (Å²) in [6.07, 6.45) is 6.15. The van der Waals surface area contributed by atoms with E-state index in [1.54, 1.807) is 0 Å². The summed E-state index contributed by atoms with van der Waals surface area (Å²) in [7, 11) is 0. The maximum Gasteiger partial charge on any atom is 0.0721 e. The van der Waals surface area contributed by atoms with Crippen molar-refractivity contribution in [3.63, 3.8) is 0 Å². The van der Waals surface area contributed by atoms with Gasteiger partial charge in [0.1, 0.15) is 0 Å². The van der Waals surface area contributed by atoms with Gasteiger partial charge in [-0.05, 0) is 79.4 Å². The predicted octanol–water partition coefficient (Wildman–Crippen LogP) is 3.10. The molecule has 4 aliphatic carbocycles. The van der Waals surface area contributed by atoms with Crippen LogP contribution in [0.25, 0.3) is 0 Å². The van der Waals surface area contributed by atoms with Crippen molar-refractivity contribution >= 4 is 15.9 Å². The van der Waals surface area contributed by atoms with Crippen molar-refractivity contribution in [1.29, 1.82) is 0 Å². The van der Waals surface area contributed by atoms with E-state index in [0.717, 1.165) is 44.9 Å². The fourth-order valence-corrected chi connectivity index (χ4v) is 8.15. The average Bonchev–Trinajstić information content (AvgIpc) is 2.73. The Kier molecular flexibility index (Phi) is 3.97. The van der Waals surface area contributed by atoms with Crippen molar-refractivity contribution in [2.45, 2.75) is 81.9 Å². The van der Waals surface area contributed by atoms with E-state index in [4.69, 9.17) is 0 Å². The summed E-state index contributed by atoms with van der Waals surface area (Å²) in [4.78, 5) is 0.169. The zero-order valence-corrected chi connectivity index (χ0v) is 15.9. The molecule has 0 aliphatic heterocycles. The molecule has 4 rings (SSSR count). The van der Waals surface area contributed by atoms with E-state index >= 15 is 0 Å². The summed E-state index contributed by atoms with van der Waals surface area (Å²) >= 11 is 3.69. The molecule has 3 N–H and O–H groups in total. The number of rotatable bonds is 0. The van der Waals surface area contributed by atoms with Gasteiger partial charge in [0.2, 0.25) is 0 Å². The van der Waals surface area contributed by atoms with E-state index < -0.39 is 0 Å². The third-order valence-electron chi connectivity index (χ3n) is 8.59. The molecule has 0 aromatic heterocycles. The van der Waals surface area contributed by atoms with Crippen LogP contribution >= 0.6 is 15.9 Å². The molecule has 23 heavy (non-hydrogen) atoms. The number of aliphatic hydroxyl groups excluding tert-OH is 3. The third kappa shape index (κ3) is 2.24. The van der Waals surface area contributed by atoms with Crippen LogP contribution in [0.2, 0.25) is 0 Å². The van der Waals surface area contributed by atoms with E-state index in [1.165, 1.54) is 0 Å². The van der Waals surface area contributed by atoms with E-state index in [-0.39, 0.29) is 34.0 Å². The second-order valence-corrected chi connectivity index (χ2v) is 10.6. The van der Waals surface area contributed by atoms with Crippen LogP contribution in [0.4, 0.5) is 0 Å². The average molecular weight is 387 g/mol. The molecule has 0 spiro atoms. The molecule has 0 aromatic rings. The molecule has 0 bridgehead atoms. The lowest BCUT2D eigenvalue weighted by atomic mass is 9.44. The van der Waals surface area contributed by atoms with Crippen molar-refractivity contribution in [3.05, 3.63) is 0 Å². The Hall–Kier alpha value is 0.360. The minimum atomic E-state index is -0.292. The molecule has 4 fully saturated rings. The first-order valence-electron chi connectivity index (χ1n) is 9.45. The third-order valence-corrected chi connectivity index (χ3v) is 9.47. The maximum atomic E-state index is 11.0. The summed E-state index contributed by atoms with van der Waals surface area (Å²) in [6, 6.07) is 0. The van der Waals surface area contributed by atoms with Crippen LogP contribution in [0.5, 0.6) is 0 Å². The smallest absolute Gasteiger partial charge is 0.0721 e. The molecule has 3 nitrogen and oxygen atoms in total. The molecule has 0 amide bonds. The highest BCUT2D eigenvalue weighted by Gasteiger charge is 2.63. The van der Waals surface area contributed by atoms with Crippen LogP contribution < -0.4 is 0 Å². The summed E-state index contributed by atoms with van der Waals surface area (Å²) in [5.74, 6) is 1.74. The number of hydrogen-bond acceptors (Lipinski definition) is 3. The molecule has 0 heterocycles. The highest BCUT2D eigenvalue weighted by Crippen LogP contribution is 2.66. The van der Waals surface area contributed by atoms with Gasteiger partial charge in [0.25, 0.3) is 0 Å². The minimum Gasteiger partial charge on any atom is -0.393 e. The molecule has 0 aromatic carbocycles. The van der Waals surface area contributed by atoms with Gasteiger partial charge in [-0.2, -0.15) is 0 Å². The molecule has 4 aliphatic rings. The van der Waals surface area contributed by atoms with Gasteiger partial charge in [0, 0.05) is 4.83 Å². The lowest BCUT2D eigenvalue weighted by molar-refractivity contribution is -0.176. The van der Waals surface area contributed by atoms with Crippen LogP contribution in [0, 0.1) is 34.5 Å². The Balaban J connectivity index is 1.68. The number of fused-ring (bicyclic) bond motifs is 5. The quantitative estimate of drug-likeness (QED) is 0.560. The maximum absolute atomic E-state index is 11.0. The van der Waals surface area contributed by atoms with Crippen molar-refractivity contribution in [3.8, 4) is 0 Å². The SMILES string of the molecule is C[C@]12CCC(O)C[C@@H]1C[C@H](O)[C@@H]1[C@@H]2CC[C@]2(C)[C@@H](O)[C@H](Br)C[C@@H]12. The fraction of sp³-hybridized carbons (Fsp3) is 1.00. The molecule has 1 unspecified atom stereocenters. The largest absolute Gasteiger partial charge is 0.393 e. The lowest BCUT2D eigenvalue weighted by Crippen LogP contribution is -2.58. The molecule has 10 atom stereocenters. The van der Waals surface area contributed by atoms with Gasteiger partial charge in [-0.1, -0.05) is 29.8 Å². The standard InChI is InChI=1S/C19H31BrO3/c1-18-5-3-11(21)7-10(18)8-15(22)16-12(18)4-6-19(2)13(16)9-14(20)17(19)23/h10-17,21-23H,3-9H2,1-2H3/t10-,11?,12+,13+,14-,15+,16-,17+,18+,19+/m1/s1. The molecule has 0 radical (unpaired) electrons. The van der Waals surface area contributed by atoms with Gasteiger partial charge in [-0.3, -0.25) is 0 Å². The summed E-state index contributed by atoms with van der Waals surface area (Å²) in [5, 5.41) is 31.8. The number of hydrogen-bond donors (Lipinski definition) is 3. The number of halogens is 1. The zero-order chi connectivity index (χ0) is 16.6. The van der Waals surface area contributed by atoms with E-state index in [9.17, 15) is 15.3 Å². The monoisotopic (exact) mass is 386 g/mol. The summed E-state index contributed by atoms with van der Waals surface area (Å²) in [6.45, 7) is 4.67. The lowest BCUT2D eigenvalue weighted by Gasteiger charge is -2.61. The van der Waals surface area contributed by atoms with Gasteiger partial charge in [0.15, 0.2) is 0 Å². The Morgan fingerprint density at radius 1 is 0.870 bits per heavy atom. The van der Waals surface area contributed by atoms with Gasteiger partial charge in [0.05, 0.1) is 18.3 Å². The van der Waals surface area contributed by atoms with Crippen molar-refractivity contribution in [1.82, 2.24) is 0 Å². The van der Waals surface area contributed by atoms with Crippen LogP contribution in [0.1, 0.15) is 58.8 Å². The predicted molar refractivity (Wildman–Crippen MR) is 93.2 cm³/mol. The summed E-state index contributed by atoms with van der Waals surface area (Å²) in [5.41, 5.74) is 0.216.